The maximum atomic E-state index is 12.9. The maximum absolute atomic E-state index is 12.9. The second kappa shape index (κ2) is 9.37. The van der Waals surface area contributed by atoms with E-state index in [-0.39, 0.29) is 10.6 Å². The van der Waals surface area contributed by atoms with Gasteiger partial charge in [-0.25, -0.2) is 4.79 Å². The van der Waals surface area contributed by atoms with Crippen molar-refractivity contribution in [3.8, 4) is 22.6 Å². The second-order valence-corrected chi connectivity index (χ2v) is 7.33. The van der Waals surface area contributed by atoms with Crippen LogP contribution in [0.15, 0.2) is 97.1 Å². The fraction of sp³-hybridized carbons (Fsp3) is 0. The van der Waals surface area contributed by atoms with Gasteiger partial charge in [-0.05, 0) is 48.0 Å². The van der Waals surface area contributed by atoms with Crippen LogP contribution in [0.5, 0.6) is 11.5 Å². The van der Waals surface area contributed by atoms with Crippen LogP contribution in [0.3, 0.4) is 0 Å². The number of hydrogen-bond donors (Lipinski definition) is 2. The minimum absolute atomic E-state index is 0.0931. The van der Waals surface area contributed by atoms with Gasteiger partial charge in [-0.2, -0.15) is 0 Å². The van der Waals surface area contributed by atoms with Gasteiger partial charge in [0.1, 0.15) is 11.5 Å². The normalized spacial score (nSPS) is 10.4. The molecule has 4 aromatic carbocycles. The topological polar surface area (TPSA) is 75.6 Å². The third kappa shape index (κ3) is 4.79. The molecule has 0 aromatic heterocycles. The average Bonchev–Trinajstić information content (AvgIpc) is 2.81. The minimum Gasteiger partial charge on any atom is -0.478 e. The number of carbonyl (C=O) groups is 2. The smallest absolute Gasteiger partial charge is 0.337 e. The van der Waals surface area contributed by atoms with Crippen LogP contribution in [0.25, 0.3) is 11.1 Å². The third-order valence-electron chi connectivity index (χ3n) is 4.72. The van der Waals surface area contributed by atoms with Crippen molar-refractivity contribution in [1.29, 1.82) is 0 Å². The number of rotatable bonds is 6. The zero-order valence-electron chi connectivity index (χ0n) is 16.8. The first-order chi connectivity index (χ1) is 15.5. The van der Waals surface area contributed by atoms with Gasteiger partial charge in [0.2, 0.25) is 0 Å². The Morgan fingerprint density at radius 1 is 0.781 bits per heavy atom. The highest BCUT2D eigenvalue weighted by molar-refractivity contribution is 6.36. The number of para-hydroxylation sites is 1. The average molecular weight is 444 g/mol. The fourth-order valence-corrected chi connectivity index (χ4v) is 3.51. The number of hydrogen-bond acceptors (Lipinski definition) is 3. The van der Waals surface area contributed by atoms with E-state index in [1.54, 1.807) is 30.3 Å². The molecule has 0 aliphatic carbocycles. The van der Waals surface area contributed by atoms with E-state index in [9.17, 15) is 14.7 Å². The SMILES string of the molecule is O=C(Nc1cc(C(=O)O)c(Cl)c(-c2ccccc2)c1)c1cccc(Oc2ccccc2)c1. The molecule has 1 amide bonds. The summed E-state index contributed by atoms with van der Waals surface area (Å²) in [6.45, 7) is 0. The largest absolute Gasteiger partial charge is 0.478 e. The summed E-state index contributed by atoms with van der Waals surface area (Å²) in [7, 11) is 0. The number of ether oxygens (including phenoxy) is 1. The summed E-state index contributed by atoms with van der Waals surface area (Å²) in [5, 5.41) is 12.5. The summed E-state index contributed by atoms with van der Waals surface area (Å²) in [5.74, 6) is -0.416. The molecule has 0 saturated carbocycles. The van der Waals surface area contributed by atoms with Crippen LogP contribution in [0, 0.1) is 0 Å². The quantitative estimate of drug-likeness (QED) is 0.345. The summed E-state index contributed by atoms with van der Waals surface area (Å²) in [5.41, 5.74) is 1.86. The van der Waals surface area contributed by atoms with Gasteiger partial charge in [-0.15, -0.1) is 0 Å². The van der Waals surface area contributed by atoms with E-state index >= 15 is 0 Å². The van der Waals surface area contributed by atoms with Crippen molar-refractivity contribution in [2.45, 2.75) is 0 Å². The summed E-state index contributed by atoms with van der Waals surface area (Å²) < 4.78 is 5.79. The second-order valence-electron chi connectivity index (χ2n) is 6.95. The van der Waals surface area contributed by atoms with E-state index in [0.717, 1.165) is 5.56 Å². The first-order valence-electron chi connectivity index (χ1n) is 9.78. The molecule has 0 aliphatic rings. The lowest BCUT2D eigenvalue weighted by molar-refractivity contribution is 0.0696. The monoisotopic (exact) mass is 443 g/mol. The van der Waals surface area contributed by atoms with Crippen molar-refractivity contribution < 1.29 is 19.4 Å². The lowest BCUT2D eigenvalue weighted by atomic mass is 10.0. The van der Waals surface area contributed by atoms with Gasteiger partial charge >= 0.3 is 5.97 Å². The molecule has 0 heterocycles. The zero-order valence-corrected chi connectivity index (χ0v) is 17.5. The van der Waals surface area contributed by atoms with Gasteiger partial charge in [-0.1, -0.05) is 66.2 Å². The Morgan fingerprint density at radius 2 is 1.44 bits per heavy atom. The molecule has 4 aromatic rings. The van der Waals surface area contributed by atoms with Crippen LogP contribution >= 0.6 is 11.6 Å². The van der Waals surface area contributed by atoms with E-state index in [1.165, 1.54) is 6.07 Å². The molecule has 5 nitrogen and oxygen atoms in total. The number of aromatic carboxylic acids is 1. The van der Waals surface area contributed by atoms with Crippen molar-refractivity contribution in [3.63, 3.8) is 0 Å². The number of carboxylic acid groups (broad SMARTS) is 1. The lowest BCUT2D eigenvalue weighted by Crippen LogP contribution is -2.13. The summed E-state index contributed by atoms with van der Waals surface area (Å²) in [6, 6.07) is 28.1. The molecule has 0 aliphatic heterocycles. The van der Waals surface area contributed by atoms with E-state index < -0.39 is 11.9 Å². The molecule has 0 atom stereocenters. The summed E-state index contributed by atoms with van der Waals surface area (Å²) >= 11 is 6.35. The fourth-order valence-electron chi connectivity index (χ4n) is 3.21. The molecule has 0 bridgehead atoms. The van der Waals surface area contributed by atoms with Crippen LogP contribution < -0.4 is 10.1 Å². The predicted molar refractivity (Wildman–Crippen MR) is 125 cm³/mol. The van der Waals surface area contributed by atoms with Gasteiger partial charge in [0.15, 0.2) is 0 Å². The lowest BCUT2D eigenvalue weighted by Gasteiger charge is -2.13. The first kappa shape index (κ1) is 21.2. The Hall–Kier alpha value is -4.09. The third-order valence-corrected chi connectivity index (χ3v) is 5.13. The Labute approximate surface area is 189 Å². The highest BCUT2D eigenvalue weighted by Gasteiger charge is 2.17. The van der Waals surface area contributed by atoms with Crippen molar-refractivity contribution in [2.24, 2.45) is 0 Å². The molecule has 0 unspecified atom stereocenters. The van der Waals surface area contributed by atoms with Crippen LogP contribution in [-0.4, -0.2) is 17.0 Å². The van der Waals surface area contributed by atoms with Crippen molar-refractivity contribution in [1.82, 2.24) is 0 Å². The van der Waals surface area contributed by atoms with Crippen molar-refractivity contribution in [3.05, 3.63) is 113 Å². The standard InChI is InChI=1S/C26H18ClNO4/c27-24-22(17-8-3-1-4-9-17)15-19(16-23(24)26(30)31)28-25(29)18-10-7-13-21(14-18)32-20-11-5-2-6-12-20/h1-16H,(H,28,29)(H,30,31). The number of benzene rings is 4. The summed E-state index contributed by atoms with van der Waals surface area (Å²) in [4.78, 5) is 24.6. The Kier molecular flexibility index (Phi) is 6.19. The van der Waals surface area contributed by atoms with Gasteiger partial charge in [0, 0.05) is 16.8 Å². The van der Waals surface area contributed by atoms with Crippen LogP contribution in [0.1, 0.15) is 20.7 Å². The van der Waals surface area contributed by atoms with Gasteiger partial charge in [0.25, 0.3) is 5.91 Å². The highest BCUT2D eigenvalue weighted by atomic mass is 35.5. The van der Waals surface area contributed by atoms with E-state index in [0.29, 0.717) is 28.3 Å². The van der Waals surface area contributed by atoms with E-state index in [2.05, 4.69) is 5.32 Å². The molecule has 4 rings (SSSR count). The zero-order chi connectivity index (χ0) is 22.5. The van der Waals surface area contributed by atoms with Gasteiger partial charge in [-0.3, -0.25) is 4.79 Å². The van der Waals surface area contributed by atoms with E-state index in [1.807, 2.05) is 60.7 Å². The Morgan fingerprint density at radius 3 is 2.12 bits per heavy atom. The molecule has 158 valence electrons. The Balaban J connectivity index is 1.63. The van der Waals surface area contributed by atoms with Crippen molar-refractivity contribution in [2.75, 3.05) is 5.32 Å². The molecule has 32 heavy (non-hydrogen) atoms. The predicted octanol–water partition coefficient (Wildman–Crippen LogP) is 6.75. The number of carbonyl (C=O) groups excluding carboxylic acids is 1. The number of nitrogens with one attached hydrogen (secondary N) is 1. The van der Waals surface area contributed by atoms with Crippen LogP contribution in [0.4, 0.5) is 5.69 Å². The maximum Gasteiger partial charge on any atom is 0.337 e. The molecular weight excluding hydrogens is 426 g/mol. The number of halogens is 1. The van der Waals surface area contributed by atoms with E-state index in [4.69, 9.17) is 16.3 Å². The number of carboxylic acids is 1. The molecule has 0 fully saturated rings. The molecule has 0 saturated heterocycles. The molecular formula is C26H18ClNO4. The first-order valence-corrected chi connectivity index (χ1v) is 10.2. The number of amides is 1. The minimum atomic E-state index is -1.18. The van der Waals surface area contributed by atoms with Crippen LogP contribution in [0.2, 0.25) is 5.02 Å². The summed E-state index contributed by atoms with van der Waals surface area (Å²) in [6.07, 6.45) is 0. The molecule has 2 N–H and O–H groups in total. The highest BCUT2D eigenvalue weighted by Crippen LogP contribution is 2.34. The van der Waals surface area contributed by atoms with Gasteiger partial charge < -0.3 is 15.2 Å². The molecule has 0 radical (unpaired) electrons. The van der Waals surface area contributed by atoms with Gasteiger partial charge in [0.05, 0.1) is 10.6 Å². The number of anilines is 1. The van der Waals surface area contributed by atoms with Crippen molar-refractivity contribution >= 4 is 29.2 Å². The molecule has 6 heteroatoms. The molecule has 0 spiro atoms. The van der Waals surface area contributed by atoms with Crippen LogP contribution in [-0.2, 0) is 0 Å². The Bertz CT molecular complexity index is 1270.